The number of fused-ring (bicyclic) bond motifs is 1. The second-order valence-electron chi connectivity index (χ2n) is 8.42. The minimum atomic E-state index is -4.96. The van der Waals surface area contributed by atoms with Crippen LogP contribution in [0.4, 0.5) is 18.9 Å². The highest BCUT2D eigenvalue weighted by molar-refractivity contribution is 7.99. The number of para-hydroxylation sites is 4. The molecule has 0 bridgehead atoms. The van der Waals surface area contributed by atoms with Crippen molar-refractivity contribution in [1.29, 1.82) is 0 Å². The summed E-state index contributed by atoms with van der Waals surface area (Å²) >= 11 is 1.16. The SMILES string of the molecule is Cn1c(SCC(=O)[N+]2(c3ccccc3OC(F)(F)F)CCC[C@@]2(C)C(N)=O)nc2ccccc21. The molecule has 0 spiro atoms. The second-order valence-corrected chi connectivity index (χ2v) is 9.36. The molecule has 0 radical (unpaired) electrons. The van der Waals surface area contributed by atoms with E-state index in [-0.39, 0.29) is 24.4 Å². The third kappa shape index (κ3) is 3.92. The van der Waals surface area contributed by atoms with Gasteiger partial charge in [-0.1, -0.05) is 36.0 Å². The van der Waals surface area contributed by atoms with Crippen LogP contribution in [0.5, 0.6) is 5.75 Å². The molecule has 1 fully saturated rings. The van der Waals surface area contributed by atoms with E-state index in [4.69, 9.17) is 5.73 Å². The molecule has 0 aliphatic carbocycles. The first-order chi connectivity index (χ1) is 16.0. The molecule has 1 unspecified atom stereocenters. The molecular weight excluding hydrogens is 469 g/mol. The van der Waals surface area contributed by atoms with Gasteiger partial charge in [0, 0.05) is 32.9 Å². The van der Waals surface area contributed by atoms with Gasteiger partial charge in [0.1, 0.15) is 5.75 Å². The molecule has 11 heteroatoms. The molecule has 34 heavy (non-hydrogen) atoms. The van der Waals surface area contributed by atoms with Crippen molar-refractivity contribution in [2.75, 3.05) is 12.3 Å². The minimum Gasteiger partial charge on any atom is -0.399 e. The molecular formula is C23H24F3N4O3S+. The highest BCUT2D eigenvalue weighted by atomic mass is 32.2. The standard InChI is InChI=1S/C23H23F3N4O3S/c1-22(20(27)32)12-7-13-30(22,17-10-5-6-11-18(17)33-23(24,25)26)19(31)14-34-21-28-15-8-3-4-9-16(15)29(21)2/h3-6,8-11H,7,12-14H2,1-2H3,(H-,27,32)/p+1/t22-,30?/m0/s1. The largest absolute Gasteiger partial charge is 0.573 e. The number of hydrogen-bond acceptors (Lipinski definition) is 5. The van der Waals surface area contributed by atoms with Gasteiger partial charge < -0.3 is 15.0 Å². The maximum Gasteiger partial charge on any atom is 0.573 e. The van der Waals surface area contributed by atoms with Gasteiger partial charge >= 0.3 is 12.3 Å². The molecule has 2 amide bonds. The predicted molar refractivity (Wildman–Crippen MR) is 123 cm³/mol. The van der Waals surface area contributed by atoms with Crippen molar-refractivity contribution in [3.05, 3.63) is 48.5 Å². The number of nitrogens with zero attached hydrogens (tertiary/aromatic N) is 3. The van der Waals surface area contributed by atoms with E-state index in [9.17, 15) is 22.8 Å². The summed E-state index contributed by atoms with van der Waals surface area (Å²) < 4.78 is 45.0. The fraction of sp³-hybridized carbons (Fsp3) is 0.348. The van der Waals surface area contributed by atoms with Crippen LogP contribution in [0.25, 0.3) is 11.0 Å². The molecule has 7 nitrogen and oxygen atoms in total. The van der Waals surface area contributed by atoms with Gasteiger partial charge in [0.2, 0.25) is 0 Å². The van der Waals surface area contributed by atoms with Gasteiger partial charge in [-0.05, 0) is 18.2 Å². The highest BCUT2D eigenvalue weighted by Gasteiger charge is 2.62. The number of likely N-dealkylation sites (tertiary alicyclic amines) is 1. The fourth-order valence-corrected chi connectivity index (χ4v) is 5.73. The summed E-state index contributed by atoms with van der Waals surface area (Å²) in [7, 11) is 1.82. The Bertz CT molecular complexity index is 1260. The van der Waals surface area contributed by atoms with Crippen LogP contribution >= 0.6 is 11.8 Å². The van der Waals surface area contributed by atoms with Gasteiger partial charge in [-0.2, -0.15) is 0 Å². The number of carbonyl (C=O) groups is 2. The minimum absolute atomic E-state index is 0.0331. The maximum atomic E-state index is 13.9. The molecule has 180 valence electrons. The number of quaternary nitrogens is 1. The van der Waals surface area contributed by atoms with Crippen LogP contribution in [0.15, 0.2) is 53.7 Å². The van der Waals surface area contributed by atoms with Gasteiger partial charge in [-0.25, -0.2) is 14.3 Å². The normalized spacial score (nSPS) is 22.7. The molecule has 1 aromatic heterocycles. The third-order valence-electron chi connectivity index (χ3n) is 6.53. The Morgan fingerprint density at radius 1 is 1.21 bits per heavy atom. The molecule has 2 N–H and O–H groups in total. The number of amides is 2. The molecule has 0 saturated carbocycles. The average molecular weight is 494 g/mol. The van der Waals surface area contributed by atoms with Crippen molar-refractivity contribution in [3.63, 3.8) is 0 Å². The smallest absolute Gasteiger partial charge is 0.399 e. The van der Waals surface area contributed by atoms with Crippen molar-refractivity contribution in [1.82, 2.24) is 14.0 Å². The quantitative estimate of drug-likeness (QED) is 0.412. The lowest BCUT2D eigenvalue weighted by Crippen LogP contribution is -2.69. The summed E-state index contributed by atoms with van der Waals surface area (Å²) in [6.45, 7) is 1.66. The number of alkyl halides is 3. The van der Waals surface area contributed by atoms with Crippen LogP contribution in [0.2, 0.25) is 0 Å². The summed E-state index contributed by atoms with van der Waals surface area (Å²) in [5.74, 6) is -1.85. The Labute approximate surface area is 198 Å². The molecule has 2 heterocycles. The van der Waals surface area contributed by atoms with E-state index in [0.717, 1.165) is 28.9 Å². The van der Waals surface area contributed by atoms with Crippen LogP contribution in [0, 0.1) is 0 Å². The van der Waals surface area contributed by atoms with Crippen LogP contribution < -0.4 is 15.0 Å². The molecule has 4 rings (SSSR count). The topological polar surface area (TPSA) is 87.2 Å². The zero-order chi connectivity index (χ0) is 24.7. The Kier molecular flexibility index (Phi) is 6.11. The Hall–Kier alpha value is -3.05. The van der Waals surface area contributed by atoms with E-state index in [1.807, 2.05) is 35.9 Å². The molecule has 2 atom stereocenters. The number of ether oxygens (including phenoxy) is 1. The van der Waals surface area contributed by atoms with Gasteiger partial charge in [0.15, 0.2) is 22.1 Å². The van der Waals surface area contributed by atoms with E-state index >= 15 is 0 Å². The zero-order valence-corrected chi connectivity index (χ0v) is 19.4. The van der Waals surface area contributed by atoms with Gasteiger partial charge in [0.25, 0.3) is 5.91 Å². The predicted octanol–water partition coefficient (Wildman–Crippen LogP) is 4.14. The summed E-state index contributed by atoms with van der Waals surface area (Å²) in [6, 6.07) is 12.9. The number of hydrogen-bond donors (Lipinski definition) is 1. The lowest BCUT2D eigenvalue weighted by atomic mass is 9.94. The third-order valence-corrected chi connectivity index (χ3v) is 7.54. The number of benzene rings is 2. The number of thioether (sulfide) groups is 1. The number of aryl methyl sites for hydroxylation is 1. The number of aromatic nitrogens is 2. The van der Waals surface area contributed by atoms with Crippen molar-refractivity contribution in [2.45, 2.75) is 36.8 Å². The number of halogens is 3. The number of nitrogens with two attached hydrogens (primary N) is 1. The van der Waals surface area contributed by atoms with Crippen molar-refractivity contribution in [3.8, 4) is 5.75 Å². The maximum absolute atomic E-state index is 13.9. The van der Waals surface area contributed by atoms with Crippen molar-refractivity contribution >= 4 is 40.3 Å². The molecule has 3 aromatic rings. The number of imidazole rings is 1. The van der Waals surface area contributed by atoms with Crippen LogP contribution in [0.3, 0.4) is 0 Å². The first-order valence-corrected chi connectivity index (χ1v) is 11.6. The second kappa shape index (κ2) is 8.62. The zero-order valence-electron chi connectivity index (χ0n) is 18.6. The number of primary amides is 1. The monoisotopic (exact) mass is 493 g/mol. The molecule has 1 aliphatic heterocycles. The number of carbonyl (C=O) groups excluding carboxylic acids is 2. The van der Waals surface area contributed by atoms with E-state index in [0.29, 0.717) is 11.6 Å². The Morgan fingerprint density at radius 3 is 2.56 bits per heavy atom. The lowest BCUT2D eigenvalue weighted by molar-refractivity contribution is -0.274. The fourth-order valence-electron chi connectivity index (χ4n) is 4.80. The average Bonchev–Trinajstić information content (AvgIpc) is 3.30. The molecule has 1 aliphatic rings. The first-order valence-electron chi connectivity index (χ1n) is 10.6. The molecule has 2 aromatic carbocycles. The Morgan fingerprint density at radius 2 is 1.88 bits per heavy atom. The van der Waals surface area contributed by atoms with E-state index < -0.39 is 33.9 Å². The van der Waals surface area contributed by atoms with Gasteiger partial charge in [-0.15, -0.1) is 13.2 Å². The van der Waals surface area contributed by atoms with Gasteiger partial charge in [0.05, 0.1) is 17.6 Å². The van der Waals surface area contributed by atoms with E-state index in [2.05, 4.69) is 9.72 Å². The molecule has 1 saturated heterocycles. The first kappa shape index (κ1) is 24.1. The van der Waals surface area contributed by atoms with Crippen LogP contribution in [-0.4, -0.2) is 45.6 Å². The van der Waals surface area contributed by atoms with Crippen LogP contribution in [-0.2, 0) is 16.6 Å². The summed E-state index contributed by atoms with van der Waals surface area (Å²) in [6.07, 6.45) is -4.28. The van der Waals surface area contributed by atoms with Gasteiger partial charge in [-0.3, -0.25) is 4.79 Å². The highest BCUT2D eigenvalue weighted by Crippen LogP contribution is 2.48. The Balaban J connectivity index is 1.76. The van der Waals surface area contributed by atoms with E-state index in [1.54, 1.807) is 0 Å². The summed E-state index contributed by atoms with van der Waals surface area (Å²) in [5, 5.41) is 0.576. The number of rotatable bonds is 6. The lowest BCUT2D eigenvalue weighted by Gasteiger charge is -2.42. The van der Waals surface area contributed by atoms with Crippen molar-refractivity contribution < 1.29 is 27.5 Å². The summed E-state index contributed by atoms with van der Waals surface area (Å²) in [4.78, 5) is 31.0. The van der Waals surface area contributed by atoms with E-state index in [1.165, 1.54) is 25.1 Å². The van der Waals surface area contributed by atoms with Crippen molar-refractivity contribution in [2.24, 2.45) is 12.8 Å². The van der Waals surface area contributed by atoms with Crippen LogP contribution in [0.1, 0.15) is 19.8 Å². The summed E-state index contributed by atoms with van der Waals surface area (Å²) in [5.41, 5.74) is 5.92.